The summed E-state index contributed by atoms with van der Waals surface area (Å²) in [5.41, 5.74) is 1.23. The van der Waals surface area contributed by atoms with E-state index < -0.39 is 0 Å². The second-order valence-corrected chi connectivity index (χ2v) is 5.30. The molecule has 0 bridgehead atoms. The molecule has 1 aromatic heterocycles. The Labute approximate surface area is 114 Å². The van der Waals surface area contributed by atoms with Crippen LogP contribution in [-0.4, -0.2) is 24.1 Å². The molecule has 0 spiro atoms. The minimum Gasteiger partial charge on any atom is -0.465 e. The quantitative estimate of drug-likeness (QED) is 0.847. The highest BCUT2D eigenvalue weighted by atomic mass is 16.5. The molecule has 4 heteroatoms. The third kappa shape index (κ3) is 3.25. The molecule has 4 nitrogen and oxygen atoms in total. The molecule has 1 N–H and O–H groups in total. The largest absolute Gasteiger partial charge is 0.465 e. The van der Waals surface area contributed by atoms with Crippen LogP contribution in [0.3, 0.4) is 0 Å². The zero-order valence-corrected chi connectivity index (χ0v) is 11.9. The van der Waals surface area contributed by atoms with Crippen LogP contribution in [0.5, 0.6) is 0 Å². The maximum Gasteiger partial charge on any atom is 0.339 e. The number of anilines is 1. The van der Waals surface area contributed by atoms with Gasteiger partial charge in [0.1, 0.15) is 5.82 Å². The number of aromatic nitrogens is 1. The van der Waals surface area contributed by atoms with E-state index in [1.165, 1.54) is 32.8 Å². The molecule has 0 aliphatic heterocycles. The van der Waals surface area contributed by atoms with E-state index in [9.17, 15) is 4.79 Å². The monoisotopic (exact) mass is 262 g/mol. The summed E-state index contributed by atoms with van der Waals surface area (Å²) in [6.45, 7) is 4.04. The number of carbonyl (C=O) groups is 1. The highest BCUT2D eigenvalue weighted by Gasteiger charge is 2.21. The summed E-state index contributed by atoms with van der Waals surface area (Å²) in [7, 11) is 1.39. The molecule has 0 saturated heterocycles. The van der Waals surface area contributed by atoms with Crippen LogP contribution in [0, 0.1) is 12.8 Å². The van der Waals surface area contributed by atoms with Crippen LogP contribution < -0.4 is 5.32 Å². The number of nitrogens with zero attached hydrogens (tertiary/aromatic N) is 1. The van der Waals surface area contributed by atoms with Crippen LogP contribution in [0.4, 0.5) is 5.82 Å². The van der Waals surface area contributed by atoms with E-state index in [4.69, 9.17) is 4.74 Å². The zero-order valence-electron chi connectivity index (χ0n) is 11.9. The Morgan fingerprint density at radius 1 is 1.42 bits per heavy atom. The van der Waals surface area contributed by atoms with Gasteiger partial charge in [-0.15, -0.1) is 0 Å². The third-order valence-electron chi connectivity index (χ3n) is 3.97. The summed E-state index contributed by atoms with van der Waals surface area (Å²) in [6.07, 6.45) is 5.27. The lowest BCUT2D eigenvalue weighted by molar-refractivity contribution is 0.0599. The fourth-order valence-electron chi connectivity index (χ4n) is 2.78. The van der Waals surface area contributed by atoms with Crippen molar-refractivity contribution in [1.29, 1.82) is 0 Å². The Morgan fingerprint density at radius 2 is 2.11 bits per heavy atom. The number of pyridine rings is 1. The summed E-state index contributed by atoms with van der Waals surface area (Å²) in [4.78, 5) is 15.9. The van der Waals surface area contributed by atoms with Crippen LogP contribution in [0.1, 0.15) is 48.7 Å². The number of hydrogen-bond donors (Lipinski definition) is 1. The number of carbonyl (C=O) groups excluding carboxylic acids is 1. The van der Waals surface area contributed by atoms with Crippen molar-refractivity contribution in [3.8, 4) is 0 Å². The van der Waals surface area contributed by atoms with Gasteiger partial charge in [0.2, 0.25) is 0 Å². The van der Waals surface area contributed by atoms with Gasteiger partial charge in [-0.05, 0) is 44.7 Å². The highest BCUT2D eigenvalue weighted by molar-refractivity contribution is 5.90. The van der Waals surface area contributed by atoms with Crippen LogP contribution in [0.15, 0.2) is 12.1 Å². The Morgan fingerprint density at radius 3 is 2.68 bits per heavy atom. The summed E-state index contributed by atoms with van der Waals surface area (Å²) < 4.78 is 4.72. The lowest BCUT2D eigenvalue weighted by Crippen LogP contribution is -2.24. The lowest BCUT2D eigenvalue weighted by atomic mass is 10.00. The van der Waals surface area contributed by atoms with Gasteiger partial charge in [0.25, 0.3) is 0 Å². The van der Waals surface area contributed by atoms with Gasteiger partial charge in [-0.3, -0.25) is 0 Å². The van der Waals surface area contributed by atoms with Gasteiger partial charge in [0, 0.05) is 6.04 Å². The maximum atomic E-state index is 11.5. The zero-order chi connectivity index (χ0) is 13.8. The molecule has 19 heavy (non-hydrogen) atoms. The highest BCUT2D eigenvalue weighted by Crippen LogP contribution is 2.29. The molecule has 0 amide bonds. The molecule has 0 radical (unpaired) electrons. The Balaban J connectivity index is 2.05. The molecule has 2 rings (SSSR count). The average Bonchev–Trinajstić information content (AvgIpc) is 2.92. The number of aryl methyl sites for hydroxylation is 1. The van der Waals surface area contributed by atoms with Crippen LogP contribution in [-0.2, 0) is 4.74 Å². The van der Waals surface area contributed by atoms with Crippen molar-refractivity contribution in [1.82, 2.24) is 4.98 Å². The van der Waals surface area contributed by atoms with Gasteiger partial charge in [0.15, 0.2) is 0 Å². The standard InChI is InChI=1S/C15H22N2O2/c1-10(12-6-4-5-7-12)16-14-9-8-13(11(2)17-14)15(18)19-3/h8-10,12H,4-7H2,1-3H3,(H,16,17). The first-order chi connectivity index (χ1) is 9.11. The molecule has 1 aliphatic carbocycles. The van der Waals surface area contributed by atoms with Crippen molar-refractivity contribution in [3.05, 3.63) is 23.4 Å². The molecule has 0 aromatic carbocycles. The average molecular weight is 262 g/mol. The van der Waals surface area contributed by atoms with Crippen LogP contribution in [0.25, 0.3) is 0 Å². The second-order valence-electron chi connectivity index (χ2n) is 5.30. The van der Waals surface area contributed by atoms with E-state index in [1.54, 1.807) is 6.07 Å². The SMILES string of the molecule is COC(=O)c1ccc(NC(C)C2CCCC2)nc1C. The molecular formula is C15H22N2O2. The van der Waals surface area contributed by atoms with Crippen molar-refractivity contribution in [2.45, 2.75) is 45.6 Å². The predicted octanol–water partition coefficient (Wildman–Crippen LogP) is 3.17. The van der Waals surface area contributed by atoms with Gasteiger partial charge < -0.3 is 10.1 Å². The molecule has 104 valence electrons. The summed E-state index contributed by atoms with van der Waals surface area (Å²) >= 11 is 0. The Bertz CT molecular complexity index is 453. The molecule has 1 unspecified atom stereocenters. The smallest absolute Gasteiger partial charge is 0.339 e. The molecule has 1 heterocycles. The van der Waals surface area contributed by atoms with Crippen molar-refractivity contribution in [3.63, 3.8) is 0 Å². The van der Waals surface area contributed by atoms with Crippen molar-refractivity contribution in [2.75, 3.05) is 12.4 Å². The first-order valence-corrected chi connectivity index (χ1v) is 6.94. The van der Waals surface area contributed by atoms with Gasteiger partial charge in [-0.2, -0.15) is 0 Å². The van der Waals surface area contributed by atoms with E-state index >= 15 is 0 Å². The van der Waals surface area contributed by atoms with Crippen LogP contribution in [0.2, 0.25) is 0 Å². The summed E-state index contributed by atoms with van der Waals surface area (Å²) in [6, 6.07) is 4.06. The third-order valence-corrected chi connectivity index (χ3v) is 3.97. The summed E-state index contributed by atoms with van der Waals surface area (Å²) in [5, 5.41) is 3.45. The van der Waals surface area contributed by atoms with Gasteiger partial charge in [-0.1, -0.05) is 12.8 Å². The number of ether oxygens (including phenoxy) is 1. The van der Waals surface area contributed by atoms with Gasteiger partial charge in [0.05, 0.1) is 18.4 Å². The van der Waals surface area contributed by atoms with Crippen molar-refractivity contribution in [2.24, 2.45) is 5.92 Å². The van der Waals surface area contributed by atoms with Gasteiger partial charge >= 0.3 is 5.97 Å². The predicted molar refractivity (Wildman–Crippen MR) is 75.4 cm³/mol. The first-order valence-electron chi connectivity index (χ1n) is 6.94. The van der Waals surface area contributed by atoms with E-state index in [1.807, 2.05) is 13.0 Å². The molecule has 1 aliphatic rings. The van der Waals surface area contributed by atoms with E-state index in [0.717, 1.165) is 11.7 Å². The number of rotatable bonds is 4. The van der Waals surface area contributed by atoms with E-state index in [0.29, 0.717) is 17.3 Å². The number of hydrogen-bond acceptors (Lipinski definition) is 4. The number of nitrogens with one attached hydrogen (secondary N) is 1. The molecule has 1 fully saturated rings. The normalized spacial score (nSPS) is 17.2. The molecular weight excluding hydrogens is 240 g/mol. The second kappa shape index (κ2) is 6.04. The first kappa shape index (κ1) is 13.8. The van der Waals surface area contributed by atoms with Crippen molar-refractivity contribution >= 4 is 11.8 Å². The molecule has 1 saturated carbocycles. The minimum atomic E-state index is -0.333. The minimum absolute atomic E-state index is 0.333. The fourth-order valence-corrected chi connectivity index (χ4v) is 2.78. The maximum absolute atomic E-state index is 11.5. The van der Waals surface area contributed by atoms with E-state index in [2.05, 4.69) is 17.2 Å². The Hall–Kier alpha value is -1.58. The summed E-state index contributed by atoms with van der Waals surface area (Å²) in [5.74, 6) is 1.24. The van der Waals surface area contributed by atoms with Crippen molar-refractivity contribution < 1.29 is 9.53 Å². The molecule has 1 aromatic rings. The topological polar surface area (TPSA) is 51.2 Å². The fraction of sp³-hybridized carbons (Fsp3) is 0.600. The Kier molecular flexibility index (Phi) is 4.40. The molecule has 1 atom stereocenters. The number of esters is 1. The van der Waals surface area contributed by atoms with Crippen LogP contribution >= 0.6 is 0 Å². The lowest BCUT2D eigenvalue weighted by Gasteiger charge is -2.21. The van der Waals surface area contributed by atoms with Gasteiger partial charge in [-0.25, -0.2) is 9.78 Å². The number of methoxy groups -OCH3 is 1. The van der Waals surface area contributed by atoms with E-state index in [-0.39, 0.29) is 5.97 Å².